The number of amides is 1. The fourth-order valence-corrected chi connectivity index (χ4v) is 3.31. The Morgan fingerprint density at radius 1 is 1.03 bits per heavy atom. The Bertz CT molecular complexity index is 1280. The molecule has 0 saturated heterocycles. The van der Waals surface area contributed by atoms with Gasteiger partial charge in [-0.3, -0.25) is 9.20 Å². The zero-order valence-corrected chi connectivity index (χ0v) is 16.9. The maximum absolute atomic E-state index is 12.4. The van der Waals surface area contributed by atoms with Crippen molar-refractivity contribution in [2.75, 3.05) is 5.32 Å². The minimum absolute atomic E-state index is 0.0785. The lowest BCUT2D eigenvalue weighted by atomic mass is 10.1. The monoisotopic (exact) mass is 438 g/mol. The van der Waals surface area contributed by atoms with Crippen molar-refractivity contribution in [3.63, 3.8) is 0 Å². The van der Waals surface area contributed by atoms with Gasteiger partial charge in [-0.2, -0.15) is 8.78 Å². The number of nitrogens with one attached hydrogen (secondary N) is 1. The number of aromatic nitrogens is 3. The summed E-state index contributed by atoms with van der Waals surface area (Å²) in [7, 11) is 0. The van der Waals surface area contributed by atoms with Crippen LogP contribution < -0.4 is 15.7 Å². The topological polar surface area (TPSA) is 77.6 Å². The van der Waals surface area contributed by atoms with Crippen LogP contribution in [0.25, 0.3) is 5.65 Å². The third kappa shape index (κ3) is 5.18. The lowest BCUT2D eigenvalue weighted by Gasteiger charge is -2.08. The largest absolute Gasteiger partial charge is 0.435 e. The number of fused-ring (bicyclic) bond motifs is 1. The molecule has 4 rings (SSSR count). The van der Waals surface area contributed by atoms with E-state index in [-0.39, 0.29) is 30.3 Å². The van der Waals surface area contributed by atoms with E-state index >= 15 is 0 Å². The molecular formula is C23H20F2N4O3. The summed E-state index contributed by atoms with van der Waals surface area (Å²) < 4.78 is 31.6. The summed E-state index contributed by atoms with van der Waals surface area (Å²) in [5.74, 6) is -0.102. The quantitative estimate of drug-likeness (QED) is 0.455. The zero-order valence-electron chi connectivity index (χ0n) is 16.9. The van der Waals surface area contributed by atoms with E-state index in [1.165, 1.54) is 21.2 Å². The highest BCUT2D eigenvalue weighted by Crippen LogP contribution is 2.17. The molecule has 4 aromatic rings. The van der Waals surface area contributed by atoms with Crippen molar-refractivity contribution in [3.05, 3.63) is 94.5 Å². The Labute approximate surface area is 181 Å². The van der Waals surface area contributed by atoms with Crippen molar-refractivity contribution in [2.45, 2.75) is 26.0 Å². The smallest absolute Gasteiger partial charge is 0.387 e. The van der Waals surface area contributed by atoms with Crippen molar-refractivity contribution in [2.24, 2.45) is 0 Å². The lowest BCUT2D eigenvalue weighted by molar-refractivity contribution is -0.116. The number of nitrogens with zero attached hydrogens (tertiary/aromatic N) is 3. The van der Waals surface area contributed by atoms with Crippen molar-refractivity contribution in [1.29, 1.82) is 0 Å². The Balaban J connectivity index is 1.35. The molecule has 0 aliphatic heterocycles. The molecular weight excluding hydrogens is 418 g/mol. The van der Waals surface area contributed by atoms with Gasteiger partial charge in [0.05, 0.1) is 6.54 Å². The van der Waals surface area contributed by atoms with Crippen LogP contribution in [0.5, 0.6) is 5.75 Å². The summed E-state index contributed by atoms with van der Waals surface area (Å²) >= 11 is 0. The van der Waals surface area contributed by atoms with E-state index < -0.39 is 6.61 Å². The molecule has 0 aliphatic rings. The maximum atomic E-state index is 12.4. The van der Waals surface area contributed by atoms with Crippen molar-refractivity contribution in [1.82, 2.24) is 14.2 Å². The van der Waals surface area contributed by atoms with Gasteiger partial charge in [0.2, 0.25) is 5.91 Å². The number of rotatable bonds is 8. The molecule has 2 aromatic heterocycles. The number of alkyl halides is 2. The molecule has 164 valence electrons. The lowest BCUT2D eigenvalue weighted by Crippen LogP contribution is -2.21. The van der Waals surface area contributed by atoms with Crippen LogP contribution in [0.3, 0.4) is 0 Å². The van der Waals surface area contributed by atoms with Gasteiger partial charge in [0.25, 0.3) is 0 Å². The standard InChI is InChI=1S/C23H20F2N4O3/c24-22(25)32-19-10-7-16(8-11-19)9-12-21(30)26-18-5-3-4-17(14-18)15-29-23(31)28-13-2-1-6-20(28)27-29/h1-8,10-11,13-14,22H,9,12,15H2,(H,26,30). The predicted molar refractivity (Wildman–Crippen MR) is 115 cm³/mol. The molecule has 1 amide bonds. The predicted octanol–water partition coefficient (Wildman–Crippen LogP) is 3.72. The zero-order chi connectivity index (χ0) is 22.5. The highest BCUT2D eigenvalue weighted by molar-refractivity contribution is 5.90. The van der Waals surface area contributed by atoms with Gasteiger partial charge >= 0.3 is 12.3 Å². The maximum Gasteiger partial charge on any atom is 0.387 e. The van der Waals surface area contributed by atoms with Gasteiger partial charge < -0.3 is 10.1 Å². The molecule has 0 bridgehead atoms. The molecule has 0 spiro atoms. The number of anilines is 1. The van der Waals surface area contributed by atoms with Crippen LogP contribution in [0.4, 0.5) is 14.5 Å². The van der Waals surface area contributed by atoms with E-state index in [4.69, 9.17) is 0 Å². The number of hydrogen-bond acceptors (Lipinski definition) is 4. The van der Waals surface area contributed by atoms with E-state index in [9.17, 15) is 18.4 Å². The Hall–Kier alpha value is -4.01. The second-order valence-corrected chi connectivity index (χ2v) is 7.14. The highest BCUT2D eigenvalue weighted by Gasteiger charge is 2.09. The minimum atomic E-state index is -2.87. The van der Waals surface area contributed by atoms with Crippen LogP contribution in [0.2, 0.25) is 0 Å². The van der Waals surface area contributed by atoms with Crippen LogP contribution in [0.15, 0.2) is 77.7 Å². The summed E-state index contributed by atoms with van der Waals surface area (Å²) in [6.45, 7) is -2.59. The molecule has 7 nitrogen and oxygen atoms in total. The summed E-state index contributed by atoms with van der Waals surface area (Å²) in [6, 6.07) is 18.8. The normalized spacial score (nSPS) is 11.1. The van der Waals surface area contributed by atoms with Gasteiger partial charge in [0, 0.05) is 18.3 Å². The third-order valence-electron chi connectivity index (χ3n) is 4.82. The van der Waals surface area contributed by atoms with Gasteiger partial charge in [-0.05, 0) is 53.9 Å². The van der Waals surface area contributed by atoms with E-state index in [2.05, 4.69) is 15.2 Å². The third-order valence-corrected chi connectivity index (χ3v) is 4.82. The Kier molecular flexibility index (Phi) is 6.25. The van der Waals surface area contributed by atoms with Crippen LogP contribution in [-0.4, -0.2) is 26.7 Å². The molecule has 0 radical (unpaired) electrons. The first-order valence-corrected chi connectivity index (χ1v) is 9.95. The number of halogens is 2. The molecule has 0 fully saturated rings. The fraction of sp³-hybridized carbons (Fsp3) is 0.174. The number of aryl methyl sites for hydroxylation is 1. The van der Waals surface area contributed by atoms with Gasteiger partial charge in [-0.1, -0.05) is 30.3 Å². The molecule has 2 aromatic carbocycles. The molecule has 0 atom stereocenters. The molecule has 2 heterocycles. The summed E-state index contributed by atoms with van der Waals surface area (Å²) in [5.41, 5.74) is 2.60. The first-order valence-electron chi connectivity index (χ1n) is 9.95. The average Bonchev–Trinajstić information content (AvgIpc) is 3.08. The number of hydrogen-bond donors (Lipinski definition) is 1. The minimum Gasteiger partial charge on any atom is -0.435 e. The van der Waals surface area contributed by atoms with E-state index in [0.29, 0.717) is 17.8 Å². The summed E-state index contributed by atoms with van der Waals surface area (Å²) in [6.07, 6.45) is 2.35. The average molecular weight is 438 g/mol. The number of benzene rings is 2. The van der Waals surface area contributed by atoms with Crippen LogP contribution in [-0.2, 0) is 17.8 Å². The molecule has 0 aliphatic carbocycles. The number of carbonyl (C=O) groups is 1. The van der Waals surface area contributed by atoms with Crippen LogP contribution in [0, 0.1) is 0 Å². The fourth-order valence-electron chi connectivity index (χ4n) is 3.31. The van der Waals surface area contributed by atoms with Gasteiger partial charge in [0.1, 0.15) is 5.75 Å². The number of carbonyl (C=O) groups excluding carboxylic acids is 1. The van der Waals surface area contributed by atoms with Gasteiger partial charge in [-0.15, -0.1) is 5.10 Å². The van der Waals surface area contributed by atoms with E-state index in [1.54, 1.807) is 48.7 Å². The van der Waals surface area contributed by atoms with Crippen LogP contribution >= 0.6 is 0 Å². The SMILES string of the molecule is O=C(CCc1ccc(OC(F)F)cc1)Nc1cccc(Cn2nc3ccccn3c2=O)c1. The van der Waals surface area contributed by atoms with Gasteiger partial charge in [0.15, 0.2) is 5.65 Å². The Morgan fingerprint density at radius 2 is 1.84 bits per heavy atom. The second kappa shape index (κ2) is 9.42. The highest BCUT2D eigenvalue weighted by atomic mass is 19.3. The summed E-state index contributed by atoms with van der Waals surface area (Å²) in [5, 5.41) is 7.15. The van der Waals surface area contributed by atoms with Crippen molar-refractivity contribution in [3.8, 4) is 5.75 Å². The first kappa shape index (κ1) is 21.2. The van der Waals surface area contributed by atoms with Crippen molar-refractivity contribution >= 4 is 17.2 Å². The summed E-state index contributed by atoms with van der Waals surface area (Å²) in [4.78, 5) is 24.8. The molecule has 9 heteroatoms. The second-order valence-electron chi connectivity index (χ2n) is 7.14. The molecule has 0 unspecified atom stereocenters. The molecule has 1 N–H and O–H groups in total. The first-order chi connectivity index (χ1) is 15.5. The van der Waals surface area contributed by atoms with E-state index in [1.807, 2.05) is 12.1 Å². The van der Waals surface area contributed by atoms with E-state index in [0.717, 1.165) is 11.1 Å². The molecule has 0 saturated carbocycles. The van der Waals surface area contributed by atoms with Crippen LogP contribution in [0.1, 0.15) is 17.5 Å². The van der Waals surface area contributed by atoms with Gasteiger partial charge in [-0.25, -0.2) is 9.48 Å². The number of pyridine rings is 1. The number of ether oxygens (including phenoxy) is 1. The Morgan fingerprint density at radius 3 is 2.59 bits per heavy atom. The molecule has 32 heavy (non-hydrogen) atoms. The van der Waals surface area contributed by atoms with Crippen molar-refractivity contribution < 1.29 is 18.3 Å².